The Balaban J connectivity index is 1.81. The fourth-order valence-corrected chi connectivity index (χ4v) is 2.86. The van der Waals surface area contributed by atoms with E-state index in [1.807, 2.05) is 18.2 Å². The van der Waals surface area contributed by atoms with Crippen molar-refractivity contribution in [2.24, 2.45) is 0 Å². The minimum absolute atomic E-state index is 0.190. The van der Waals surface area contributed by atoms with E-state index in [1.165, 1.54) is 4.90 Å². The predicted octanol–water partition coefficient (Wildman–Crippen LogP) is 0.890. The number of ketones is 1. The Morgan fingerprint density at radius 1 is 1.23 bits per heavy atom. The Labute approximate surface area is 149 Å². The number of rotatable bonds is 5. The number of carbonyl (C=O) groups excluding carboxylic acids is 4. The fourth-order valence-electron chi connectivity index (χ4n) is 2.86. The highest BCUT2D eigenvalue weighted by Gasteiger charge is 2.28. The number of Topliss-reactive ketones (excluding diaryl/α,β-unsaturated/α-hetero) is 1. The number of carbonyl (C=O) groups is 4. The van der Waals surface area contributed by atoms with Gasteiger partial charge in [0.15, 0.2) is 6.29 Å². The molecule has 132 valence electrons. The number of fused-ring (bicyclic) bond motifs is 1. The van der Waals surface area contributed by atoms with E-state index in [1.54, 1.807) is 30.5 Å². The maximum Gasteiger partial charge on any atom is 0.271 e. The summed E-state index contributed by atoms with van der Waals surface area (Å²) in [6, 6.07) is 8.33. The van der Waals surface area contributed by atoms with Crippen molar-refractivity contribution in [2.45, 2.75) is 12.5 Å². The third kappa shape index (κ3) is 3.66. The Morgan fingerprint density at radius 3 is 2.85 bits per heavy atom. The van der Waals surface area contributed by atoms with E-state index >= 15 is 0 Å². The molecule has 7 nitrogen and oxygen atoms in total. The van der Waals surface area contributed by atoms with Crippen LogP contribution in [-0.4, -0.2) is 52.9 Å². The topological polar surface area (TPSA) is 96.4 Å². The third-order valence-corrected chi connectivity index (χ3v) is 4.15. The average molecular weight is 351 g/mol. The number of aldehydes is 1. The van der Waals surface area contributed by atoms with E-state index in [9.17, 15) is 19.2 Å². The van der Waals surface area contributed by atoms with Crippen molar-refractivity contribution in [3.05, 3.63) is 54.4 Å². The van der Waals surface area contributed by atoms with Crippen LogP contribution in [0.3, 0.4) is 0 Å². The summed E-state index contributed by atoms with van der Waals surface area (Å²) < 4.78 is 0. The summed E-state index contributed by atoms with van der Waals surface area (Å²) in [6.07, 6.45) is 5.54. The molecule has 1 atom stereocenters. The van der Waals surface area contributed by atoms with Gasteiger partial charge in [-0.3, -0.25) is 24.2 Å². The van der Waals surface area contributed by atoms with E-state index in [-0.39, 0.29) is 25.1 Å². The summed E-state index contributed by atoms with van der Waals surface area (Å²) in [5, 5.41) is 4.26. The normalized spacial score (nSPS) is 17.0. The average Bonchev–Trinajstić information content (AvgIpc) is 2.83. The Kier molecular flexibility index (Phi) is 5.17. The molecule has 1 aromatic carbocycles. The molecule has 2 heterocycles. The van der Waals surface area contributed by atoms with Crippen LogP contribution in [0.1, 0.15) is 16.9 Å². The predicted molar refractivity (Wildman–Crippen MR) is 94.4 cm³/mol. The molecule has 1 N–H and O–H groups in total. The molecule has 0 bridgehead atoms. The van der Waals surface area contributed by atoms with Crippen LogP contribution in [0.15, 0.2) is 48.7 Å². The molecule has 0 spiro atoms. The maximum absolute atomic E-state index is 12.7. The van der Waals surface area contributed by atoms with Gasteiger partial charge in [-0.1, -0.05) is 36.4 Å². The zero-order valence-electron chi connectivity index (χ0n) is 13.9. The quantitative estimate of drug-likeness (QED) is 0.490. The lowest BCUT2D eigenvalue weighted by Crippen LogP contribution is -2.49. The molecule has 0 saturated heterocycles. The van der Waals surface area contributed by atoms with Crippen LogP contribution < -0.4 is 5.32 Å². The SMILES string of the molecule is O=CC(=O)CN1CC=CC[C@H](NC(=O)c2nccc3ccccc23)C1=O. The standard InChI is InChI=1S/C19H17N3O4/c23-12-14(24)11-22-10-4-3-7-16(19(22)26)21-18(25)17-15-6-2-1-5-13(15)8-9-20-17/h1-6,8-9,12,16H,7,10-11H2,(H,21,25)/t16-/m0/s1. The first-order valence-corrected chi connectivity index (χ1v) is 8.16. The molecule has 0 aliphatic carbocycles. The van der Waals surface area contributed by atoms with Crippen LogP contribution in [0.5, 0.6) is 0 Å². The number of hydrogen-bond acceptors (Lipinski definition) is 5. The molecule has 26 heavy (non-hydrogen) atoms. The molecule has 2 amide bonds. The van der Waals surface area contributed by atoms with Crippen molar-refractivity contribution in [3.63, 3.8) is 0 Å². The second-order valence-corrected chi connectivity index (χ2v) is 5.92. The van der Waals surface area contributed by atoms with Gasteiger partial charge in [0.1, 0.15) is 11.7 Å². The molecule has 1 aliphatic heterocycles. The molecular weight excluding hydrogens is 334 g/mol. The molecule has 0 unspecified atom stereocenters. The summed E-state index contributed by atoms with van der Waals surface area (Å²) in [5.74, 6) is -1.55. The van der Waals surface area contributed by atoms with Gasteiger partial charge in [-0.05, 0) is 17.9 Å². The Bertz CT molecular complexity index is 901. The first kappa shape index (κ1) is 17.5. The number of benzene rings is 1. The molecule has 0 fully saturated rings. The van der Waals surface area contributed by atoms with E-state index in [0.717, 1.165) is 5.39 Å². The number of aromatic nitrogens is 1. The van der Waals surface area contributed by atoms with Gasteiger partial charge in [-0.2, -0.15) is 0 Å². The van der Waals surface area contributed by atoms with Gasteiger partial charge in [0.05, 0.1) is 6.54 Å². The van der Waals surface area contributed by atoms with Crippen LogP contribution in [0.4, 0.5) is 0 Å². The minimum Gasteiger partial charge on any atom is -0.339 e. The summed E-state index contributed by atoms with van der Waals surface area (Å²) in [5.41, 5.74) is 0.236. The van der Waals surface area contributed by atoms with Crippen LogP contribution in [0.25, 0.3) is 10.8 Å². The zero-order chi connectivity index (χ0) is 18.5. The van der Waals surface area contributed by atoms with Crippen molar-refractivity contribution >= 4 is 34.7 Å². The molecule has 3 rings (SSSR count). The van der Waals surface area contributed by atoms with Crippen LogP contribution >= 0.6 is 0 Å². The summed E-state index contributed by atoms with van der Waals surface area (Å²) >= 11 is 0. The number of hydrogen-bond donors (Lipinski definition) is 1. The van der Waals surface area contributed by atoms with Crippen LogP contribution in [0, 0.1) is 0 Å². The smallest absolute Gasteiger partial charge is 0.271 e. The largest absolute Gasteiger partial charge is 0.339 e. The molecular formula is C19H17N3O4. The first-order chi connectivity index (χ1) is 12.6. The second kappa shape index (κ2) is 7.69. The Morgan fingerprint density at radius 2 is 2.04 bits per heavy atom. The lowest BCUT2D eigenvalue weighted by molar-refractivity contribution is -0.138. The third-order valence-electron chi connectivity index (χ3n) is 4.15. The van der Waals surface area contributed by atoms with E-state index in [2.05, 4.69) is 10.3 Å². The van der Waals surface area contributed by atoms with Crippen LogP contribution in [0.2, 0.25) is 0 Å². The molecule has 0 radical (unpaired) electrons. The highest BCUT2D eigenvalue weighted by Crippen LogP contribution is 2.17. The van der Waals surface area contributed by atoms with Gasteiger partial charge in [0.25, 0.3) is 5.91 Å². The van der Waals surface area contributed by atoms with E-state index in [0.29, 0.717) is 11.8 Å². The molecule has 1 aromatic heterocycles. The first-order valence-electron chi connectivity index (χ1n) is 8.16. The number of nitrogens with zero attached hydrogens (tertiary/aromatic N) is 2. The van der Waals surface area contributed by atoms with Gasteiger partial charge >= 0.3 is 0 Å². The fraction of sp³-hybridized carbons (Fsp3) is 0.211. The number of nitrogens with one attached hydrogen (secondary N) is 1. The van der Waals surface area contributed by atoms with Gasteiger partial charge in [0, 0.05) is 18.1 Å². The van der Waals surface area contributed by atoms with Gasteiger partial charge in [-0.15, -0.1) is 0 Å². The highest BCUT2D eigenvalue weighted by atomic mass is 16.2. The molecule has 0 saturated carbocycles. The summed E-state index contributed by atoms with van der Waals surface area (Å²) in [6.45, 7) is -0.0805. The molecule has 7 heteroatoms. The lowest BCUT2D eigenvalue weighted by Gasteiger charge is -2.23. The second-order valence-electron chi connectivity index (χ2n) is 5.92. The zero-order valence-corrected chi connectivity index (χ0v) is 13.9. The lowest BCUT2D eigenvalue weighted by atomic mass is 10.1. The van der Waals surface area contributed by atoms with Crippen molar-refractivity contribution in [1.82, 2.24) is 15.2 Å². The van der Waals surface area contributed by atoms with Gasteiger partial charge in [-0.25, -0.2) is 0 Å². The van der Waals surface area contributed by atoms with E-state index < -0.39 is 23.6 Å². The monoisotopic (exact) mass is 351 g/mol. The van der Waals surface area contributed by atoms with Crippen molar-refractivity contribution < 1.29 is 19.2 Å². The van der Waals surface area contributed by atoms with Crippen molar-refractivity contribution in [2.75, 3.05) is 13.1 Å². The van der Waals surface area contributed by atoms with Gasteiger partial charge < -0.3 is 10.2 Å². The number of amides is 2. The maximum atomic E-state index is 12.7. The molecule has 2 aromatic rings. The Hall–Kier alpha value is -3.35. The van der Waals surface area contributed by atoms with Crippen molar-refractivity contribution in [1.29, 1.82) is 0 Å². The number of pyridine rings is 1. The highest BCUT2D eigenvalue weighted by molar-refractivity contribution is 6.26. The molecule has 1 aliphatic rings. The summed E-state index contributed by atoms with van der Waals surface area (Å²) in [7, 11) is 0. The van der Waals surface area contributed by atoms with Crippen molar-refractivity contribution in [3.8, 4) is 0 Å². The minimum atomic E-state index is -0.818. The van der Waals surface area contributed by atoms with Crippen LogP contribution in [-0.2, 0) is 14.4 Å². The van der Waals surface area contributed by atoms with E-state index in [4.69, 9.17) is 0 Å². The van der Waals surface area contributed by atoms with Gasteiger partial charge in [0.2, 0.25) is 11.7 Å². The summed E-state index contributed by atoms with van der Waals surface area (Å²) in [4.78, 5) is 52.6.